The highest BCUT2D eigenvalue weighted by Crippen LogP contribution is 2.30. The van der Waals surface area contributed by atoms with E-state index in [0.717, 1.165) is 23.0 Å². The van der Waals surface area contributed by atoms with E-state index in [1.165, 1.54) is 6.07 Å². The number of aromatic nitrogens is 2. The second-order valence-corrected chi connectivity index (χ2v) is 3.81. The smallest absolute Gasteiger partial charge is 0.324 e. The van der Waals surface area contributed by atoms with Crippen LogP contribution in [0.5, 0.6) is 0 Å². The van der Waals surface area contributed by atoms with Crippen molar-refractivity contribution >= 4 is 11.4 Å². The van der Waals surface area contributed by atoms with E-state index in [0.29, 0.717) is 6.20 Å². The number of halogens is 3. The highest BCUT2D eigenvalue weighted by Gasteiger charge is 2.32. The summed E-state index contributed by atoms with van der Waals surface area (Å²) in [6.07, 6.45) is -3.17. The molecule has 0 atom stereocenters. The number of nitro groups is 1. The van der Waals surface area contributed by atoms with Crippen LogP contribution in [0.15, 0.2) is 30.6 Å². The van der Waals surface area contributed by atoms with Gasteiger partial charge in [0, 0.05) is 18.3 Å². The Balaban J connectivity index is 2.49. The molecular formula is C10H8F3N5O2. The molecule has 0 aliphatic heterocycles. The normalized spacial score (nSPS) is 11.4. The molecule has 0 saturated heterocycles. The molecule has 20 heavy (non-hydrogen) atoms. The zero-order valence-corrected chi connectivity index (χ0v) is 9.76. The summed E-state index contributed by atoms with van der Waals surface area (Å²) in [6.45, 7) is 0. The van der Waals surface area contributed by atoms with E-state index in [4.69, 9.17) is 5.84 Å². The Morgan fingerprint density at radius 1 is 1.35 bits per heavy atom. The SMILES string of the molecule is NNc1cc(-n2cc(C(F)(F)F)cn2)cc([N+](=O)[O-])c1. The molecule has 2 aromatic rings. The van der Waals surface area contributed by atoms with Gasteiger partial charge in [-0.3, -0.25) is 16.0 Å². The molecule has 0 bridgehead atoms. The van der Waals surface area contributed by atoms with Crippen LogP contribution in [-0.4, -0.2) is 14.7 Å². The molecule has 0 aliphatic rings. The Morgan fingerprint density at radius 2 is 2.05 bits per heavy atom. The molecule has 3 N–H and O–H groups in total. The first-order valence-corrected chi connectivity index (χ1v) is 5.19. The van der Waals surface area contributed by atoms with Gasteiger partial charge in [0.2, 0.25) is 0 Å². The average Bonchev–Trinajstić information content (AvgIpc) is 2.87. The first kappa shape index (κ1) is 13.8. The maximum Gasteiger partial charge on any atom is 0.419 e. The minimum Gasteiger partial charge on any atom is -0.324 e. The lowest BCUT2D eigenvalue weighted by Crippen LogP contribution is -2.08. The van der Waals surface area contributed by atoms with Crippen molar-refractivity contribution in [2.75, 3.05) is 5.43 Å². The summed E-state index contributed by atoms with van der Waals surface area (Å²) in [7, 11) is 0. The number of nitrogens with two attached hydrogens (primary N) is 1. The van der Waals surface area contributed by atoms with Crippen LogP contribution in [0.3, 0.4) is 0 Å². The van der Waals surface area contributed by atoms with Gasteiger partial charge in [-0.05, 0) is 6.07 Å². The highest BCUT2D eigenvalue weighted by molar-refractivity contribution is 5.58. The quantitative estimate of drug-likeness (QED) is 0.511. The van der Waals surface area contributed by atoms with Crippen LogP contribution in [-0.2, 0) is 6.18 Å². The van der Waals surface area contributed by atoms with Crippen LogP contribution in [0.2, 0.25) is 0 Å². The van der Waals surface area contributed by atoms with Crippen molar-refractivity contribution in [3.63, 3.8) is 0 Å². The van der Waals surface area contributed by atoms with Crippen LogP contribution >= 0.6 is 0 Å². The summed E-state index contributed by atoms with van der Waals surface area (Å²) in [5.74, 6) is 5.16. The Hall–Kier alpha value is -2.62. The summed E-state index contributed by atoms with van der Waals surface area (Å²) in [4.78, 5) is 10.1. The summed E-state index contributed by atoms with van der Waals surface area (Å²) in [6, 6.07) is 3.58. The van der Waals surface area contributed by atoms with Gasteiger partial charge in [0.05, 0.1) is 28.1 Å². The maximum atomic E-state index is 12.5. The summed E-state index contributed by atoms with van der Waals surface area (Å²) in [5, 5.41) is 14.3. The van der Waals surface area contributed by atoms with Crippen molar-refractivity contribution in [3.05, 3.63) is 46.3 Å². The highest BCUT2D eigenvalue weighted by atomic mass is 19.4. The fourth-order valence-corrected chi connectivity index (χ4v) is 1.53. The number of anilines is 1. The monoisotopic (exact) mass is 287 g/mol. The van der Waals surface area contributed by atoms with Crippen molar-refractivity contribution in [1.82, 2.24) is 9.78 Å². The molecule has 0 saturated carbocycles. The second-order valence-electron chi connectivity index (χ2n) is 3.81. The number of alkyl halides is 3. The Labute approximate surface area is 109 Å². The number of nitrogens with one attached hydrogen (secondary N) is 1. The lowest BCUT2D eigenvalue weighted by molar-refractivity contribution is -0.384. The number of rotatable bonds is 3. The number of nitrogen functional groups attached to an aromatic ring is 1. The third-order valence-electron chi connectivity index (χ3n) is 2.45. The molecule has 0 aliphatic carbocycles. The largest absolute Gasteiger partial charge is 0.419 e. The van der Waals surface area contributed by atoms with E-state index in [-0.39, 0.29) is 17.1 Å². The van der Waals surface area contributed by atoms with Gasteiger partial charge >= 0.3 is 6.18 Å². The third-order valence-corrected chi connectivity index (χ3v) is 2.45. The molecule has 2 rings (SSSR count). The minimum absolute atomic E-state index is 0.0858. The number of nitrogens with zero attached hydrogens (tertiary/aromatic N) is 3. The Bertz CT molecular complexity index is 653. The van der Waals surface area contributed by atoms with Gasteiger partial charge in [-0.2, -0.15) is 18.3 Å². The van der Waals surface area contributed by atoms with Gasteiger partial charge in [-0.25, -0.2) is 4.68 Å². The molecule has 106 valence electrons. The van der Waals surface area contributed by atoms with Crippen molar-refractivity contribution in [3.8, 4) is 5.69 Å². The van der Waals surface area contributed by atoms with Crippen molar-refractivity contribution in [1.29, 1.82) is 0 Å². The third kappa shape index (κ3) is 2.69. The van der Waals surface area contributed by atoms with E-state index < -0.39 is 16.7 Å². The zero-order chi connectivity index (χ0) is 14.9. The first-order valence-electron chi connectivity index (χ1n) is 5.19. The van der Waals surface area contributed by atoms with E-state index in [1.807, 2.05) is 0 Å². The van der Waals surface area contributed by atoms with Gasteiger partial charge in [-0.15, -0.1) is 0 Å². The molecule has 7 nitrogen and oxygen atoms in total. The fraction of sp³-hybridized carbons (Fsp3) is 0.100. The first-order chi connectivity index (χ1) is 9.31. The zero-order valence-electron chi connectivity index (χ0n) is 9.76. The second kappa shape index (κ2) is 4.81. The van der Waals surface area contributed by atoms with E-state index in [1.54, 1.807) is 0 Å². The van der Waals surface area contributed by atoms with Crippen molar-refractivity contribution in [2.45, 2.75) is 6.18 Å². The molecule has 1 aromatic carbocycles. The molecule has 1 heterocycles. The molecular weight excluding hydrogens is 279 g/mol. The number of hydrazine groups is 1. The molecule has 0 fully saturated rings. The lowest BCUT2D eigenvalue weighted by Gasteiger charge is -2.05. The molecule has 0 unspecified atom stereocenters. The van der Waals surface area contributed by atoms with Crippen LogP contribution in [0, 0.1) is 10.1 Å². The summed E-state index contributed by atoms with van der Waals surface area (Å²) >= 11 is 0. The van der Waals surface area contributed by atoms with Crippen LogP contribution in [0.25, 0.3) is 5.69 Å². The number of hydrogen-bond donors (Lipinski definition) is 2. The van der Waals surface area contributed by atoms with Crippen LogP contribution in [0.4, 0.5) is 24.5 Å². The average molecular weight is 287 g/mol. The Morgan fingerprint density at radius 3 is 2.55 bits per heavy atom. The lowest BCUT2D eigenvalue weighted by atomic mass is 10.2. The number of hydrogen-bond acceptors (Lipinski definition) is 5. The van der Waals surface area contributed by atoms with Crippen LogP contribution < -0.4 is 11.3 Å². The number of benzene rings is 1. The fourth-order valence-electron chi connectivity index (χ4n) is 1.53. The number of non-ortho nitro benzene ring substituents is 1. The van der Waals surface area contributed by atoms with Crippen molar-refractivity contribution < 1.29 is 18.1 Å². The standard InChI is InChI=1S/C10H8F3N5O2/c11-10(12,13)6-4-15-17(5-6)8-1-7(16-14)2-9(3-8)18(19)20/h1-5,16H,14H2. The van der Waals surface area contributed by atoms with Crippen molar-refractivity contribution in [2.24, 2.45) is 5.84 Å². The van der Waals surface area contributed by atoms with Gasteiger partial charge < -0.3 is 5.43 Å². The maximum absolute atomic E-state index is 12.5. The van der Waals surface area contributed by atoms with E-state index >= 15 is 0 Å². The molecule has 10 heteroatoms. The van der Waals surface area contributed by atoms with Gasteiger partial charge in [0.25, 0.3) is 5.69 Å². The van der Waals surface area contributed by atoms with E-state index in [9.17, 15) is 23.3 Å². The van der Waals surface area contributed by atoms with E-state index in [2.05, 4.69) is 10.5 Å². The predicted molar refractivity (Wildman–Crippen MR) is 63.0 cm³/mol. The topological polar surface area (TPSA) is 99.0 Å². The molecule has 0 radical (unpaired) electrons. The molecule has 0 spiro atoms. The molecule has 1 aromatic heterocycles. The van der Waals surface area contributed by atoms with Gasteiger partial charge in [0.1, 0.15) is 0 Å². The Kier molecular flexibility index (Phi) is 3.32. The van der Waals surface area contributed by atoms with Crippen LogP contribution in [0.1, 0.15) is 5.56 Å². The van der Waals surface area contributed by atoms with Gasteiger partial charge in [0.15, 0.2) is 0 Å². The minimum atomic E-state index is -4.53. The van der Waals surface area contributed by atoms with Gasteiger partial charge in [-0.1, -0.05) is 0 Å². The number of nitro benzene ring substituents is 1. The predicted octanol–water partition coefficient (Wildman–Crippen LogP) is 2.08. The summed E-state index contributed by atoms with van der Waals surface area (Å²) in [5.41, 5.74) is 1.19. The molecule has 0 amide bonds. The summed E-state index contributed by atoms with van der Waals surface area (Å²) < 4.78 is 38.3.